The van der Waals surface area contributed by atoms with E-state index in [0.29, 0.717) is 0 Å². The number of aryl methyl sites for hydroxylation is 1. The highest BCUT2D eigenvalue weighted by Crippen LogP contribution is 2.28. The molecule has 0 amide bonds. The maximum atomic E-state index is 3.42. The molecule has 0 spiro atoms. The van der Waals surface area contributed by atoms with Gasteiger partial charge in [0.2, 0.25) is 0 Å². The first-order valence-corrected chi connectivity index (χ1v) is 19.6. The van der Waals surface area contributed by atoms with E-state index in [1.807, 2.05) is 0 Å². The summed E-state index contributed by atoms with van der Waals surface area (Å²) in [4.78, 5) is 0. The van der Waals surface area contributed by atoms with Gasteiger partial charge in [-0.3, -0.25) is 0 Å². The zero-order valence-electron chi connectivity index (χ0n) is 30.4. The van der Waals surface area contributed by atoms with Crippen molar-refractivity contribution in [3.63, 3.8) is 0 Å². The third-order valence-corrected chi connectivity index (χ3v) is 9.25. The second-order valence-corrected chi connectivity index (χ2v) is 13.6. The van der Waals surface area contributed by atoms with Gasteiger partial charge in [0, 0.05) is 37.8 Å². The SMILES string of the molecule is CCCCCCCCC#CCCCCCCCCC(CCCCCCCCC#CCCCCCCCC)c1cc[n+](C)cc1.[Cl-]. The topological polar surface area (TPSA) is 3.88 Å². The Balaban J connectivity index is 0.0000194. The van der Waals surface area contributed by atoms with Crippen molar-refractivity contribution in [1.29, 1.82) is 0 Å². The monoisotopic (exact) mass is 640 g/mol. The number of halogens is 1. The molecule has 0 bridgehead atoms. The van der Waals surface area contributed by atoms with E-state index < -0.39 is 0 Å². The molecule has 0 saturated heterocycles. The Labute approximate surface area is 289 Å². The van der Waals surface area contributed by atoms with Crippen molar-refractivity contribution in [3.05, 3.63) is 30.1 Å². The minimum atomic E-state index is 0. The summed E-state index contributed by atoms with van der Waals surface area (Å²) < 4.78 is 2.17. The van der Waals surface area contributed by atoms with E-state index in [9.17, 15) is 0 Å². The summed E-state index contributed by atoms with van der Waals surface area (Å²) >= 11 is 0. The minimum absolute atomic E-state index is 0. The zero-order valence-corrected chi connectivity index (χ0v) is 31.2. The Bertz CT molecular complexity index is 802. The highest BCUT2D eigenvalue weighted by atomic mass is 35.5. The van der Waals surface area contributed by atoms with Crippen LogP contribution in [0.15, 0.2) is 24.5 Å². The Hall–Kier alpha value is -1.44. The number of rotatable bonds is 29. The molecule has 0 radical (unpaired) electrons. The summed E-state index contributed by atoms with van der Waals surface area (Å²) in [6.45, 7) is 4.57. The van der Waals surface area contributed by atoms with E-state index in [4.69, 9.17) is 0 Å². The van der Waals surface area contributed by atoms with Crippen molar-refractivity contribution in [3.8, 4) is 23.7 Å². The first-order chi connectivity index (χ1) is 21.8. The average molecular weight is 641 g/mol. The third kappa shape index (κ3) is 29.7. The Morgan fingerprint density at radius 3 is 1.07 bits per heavy atom. The molecule has 1 nitrogen and oxygen atoms in total. The predicted octanol–water partition coefficient (Wildman–Crippen LogP) is 10.3. The van der Waals surface area contributed by atoms with Crippen LogP contribution in [0.1, 0.15) is 218 Å². The molecule has 0 N–H and O–H groups in total. The average Bonchev–Trinajstić information content (AvgIpc) is 3.03. The van der Waals surface area contributed by atoms with Crippen molar-refractivity contribution in [1.82, 2.24) is 0 Å². The van der Waals surface area contributed by atoms with Crippen LogP contribution in [-0.4, -0.2) is 0 Å². The number of nitrogens with zero attached hydrogens (tertiary/aromatic N) is 1. The summed E-state index contributed by atoms with van der Waals surface area (Å²) in [6.07, 6.45) is 44.4. The van der Waals surface area contributed by atoms with Gasteiger partial charge in [-0.2, -0.15) is 0 Å². The number of aromatic nitrogens is 1. The minimum Gasteiger partial charge on any atom is -1.00 e. The molecule has 0 fully saturated rings. The lowest BCUT2D eigenvalue weighted by molar-refractivity contribution is -0.671. The third-order valence-electron chi connectivity index (χ3n) is 9.25. The molecule has 0 aromatic carbocycles. The van der Waals surface area contributed by atoms with Crippen LogP contribution < -0.4 is 17.0 Å². The summed E-state index contributed by atoms with van der Waals surface area (Å²) in [6, 6.07) is 4.73. The van der Waals surface area contributed by atoms with Crippen molar-refractivity contribution in [2.45, 2.75) is 212 Å². The summed E-state index contributed by atoms with van der Waals surface area (Å²) in [7, 11) is 2.13. The van der Waals surface area contributed by atoms with E-state index in [-0.39, 0.29) is 12.4 Å². The number of hydrogen-bond acceptors (Lipinski definition) is 0. The van der Waals surface area contributed by atoms with Gasteiger partial charge in [0.05, 0.1) is 0 Å². The molecular weight excluding hydrogens is 566 g/mol. The maximum Gasteiger partial charge on any atom is 0.168 e. The molecule has 0 atom stereocenters. The largest absolute Gasteiger partial charge is 1.00 e. The maximum absolute atomic E-state index is 3.42. The van der Waals surface area contributed by atoms with Gasteiger partial charge < -0.3 is 12.4 Å². The Kier molecular flexibility index (Phi) is 34.3. The quantitative estimate of drug-likeness (QED) is 0.0466. The van der Waals surface area contributed by atoms with Crippen LogP contribution in [-0.2, 0) is 7.05 Å². The molecule has 1 aromatic heterocycles. The second kappa shape index (κ2) is 35.4. The van der Waals surface area contributed by atoms with Gasteiger partial charge in [-0.05, 0) is 50.0 Å². The molecule has 258 valence electrons. The van der Waals surface area contributed by atoms with Crippen LogP contribution in [0.4, 0.5) is 0 Å². The summed E-state index contributed by atoms with van der Waals surface area (Å²) in [5.74, 6) is 14.4. The highest BCUT2D eigenvalue weighted by Gasteiger charge is 2.12. The first-order valence-electron chi connectivity index (χ1n) is 19.6. The van der Waals surface area contributed by atoms with Crippen LogP contribution in [0.5, 0.6) is 0 Å². The summed E-state index contributed by atoms with van der Waals surface area (Å²) in [5, 5.41) is 0. The van der Waals surface area contributed by atoms with Crippen molar-refractivity contribution in [2.24, 2.45) is 7.05 Å². The van der Waals surface area contributed by atoms with E-state index in [1.54, 1.807) is 5.56 Å². The van der Waals surface area contributed by atoms with Crippen LogP contribution in [0, 0.1) is 23.7 Å². The molecule has 2 heteroatoms. The Morgan fingerprint density at radius 1 is 0.444 bits per heavy atom. The van der Waals surface area contributed by atoms with Crippen LogP contribution in [0.2, 0.25) is 0 Å². The second-order valence-electron chi connectivity index (χ2n) is 13.6. The number of unbranched alkanes of at least 4 members (excludes halogenated alkanes) is 24. The van der Waals surface area contributed by atoms with Gasteiger partial charge in [0.25, 0.3) is 0 Å². The van der Waals surface area contributed by atoms with Gasteiger partial charge in [0.15, 0.2) is 12.4 Å². The van der Waals surface area contributed by atoms with Gasteiger partial charge in [-0.25, -0.2) is 4.57 Å². The highest BCUT2D eigenvalue weighted by molar-refractivity contribution is 5.13. The van der Waals surface area contributed by atoms with Crippen LogP contribution in [0.25, 0.3) is 0 Å². The molecule has 1 aromatic rings. The number of hydrogen-bond donors (Lipinski definition) is 0. The molecule has 0 saturated carbocycles. The van der Waals surface area contributed by atoms with Crippen LogP contribution in [0.3, 0.4) is 0 Å². The molecule has 45 heavy (non-hydrogen) atoms. The van der Waals surface area contributed by atoms with E-state index >= 15 is 0 Å². The van der Waals surface area contributed by atoms with E-state index in [0.717, 1.165) is 31.6 Å². The fourth-order valence-corrected chi connectivity index (χ4v) is 6.23. The molecule has 1 heterocycles. The lowest BCUT2D eigenvalue weighted by atomic mass is 9.88. The zero-order chi connectivity index (χ0) is 31.6. The van der Waals surface area contributed by atoms with Gasteiger partial charge in [0.1, 0.15) is 7.05 Å². The van der Waals surface area contributed by atoms with Gasteiger partial charge in [-0.15, -0.1) is 23.7 Å². The van der Waals surface area contributed by atoms with E-state index in [1.165, 1.54) is 167 Å². The smallest absolute Gasteiger partial charge is 0.168 e. The predicted molar refractivity (Wildman–Crippen MR) is 196 cm³/mol. The molecule has 0 aliphatic heterocycles. The van der Waals surface area contributed by atoms with Crippen LogP contribution >= 0.6 is 0 Å². The first kappa shape index (κ1) is 43.6. The van der Waals surface area contributed by atoms with E-state index in [2.05, 4.69) is 73.7 Å². The van der Waals surface area contributed by atoms with Crippen molar-refractivity contribution < 1.29 is 17.0 Å². The van der Waals surface area contributed by atoms with Crippen molar-refractivity contribution in [2.75, 3.05) is 0 Å². The summed E-state index contributed by atoms with van der Waals surface area (Å²) in [5.41, 5.74) is 1.56. The fourth-order valence-electron chi connectivity index (χ4n) is 6.23. The van der Waals surface area contributed by atoms with Crippen molar-refractivity contribution >= 4 is 0 Å². The molecular formula is C43H74ClN. The standard InChI is InChI=1S/C43H74N.ClH/c1-4-6-8-10-12-14-16-18-20-22-24-26-28-30-32-34-36-42(43-38-40-44(3)41-39-43)37-35-33-31-29-27-25-23-21-19-17-15-13-11-9-7-5-2;/h38-42H,4-17,22-37H2,1-3H3;1H/q+1;/p-1. The van der Waals surface area contributed by atoms with Gasteiger partial charge in [-0.1, -0.05) is 142 Å². The lowest BCUT2D eigenvalue weighted by Gasteiger charge is -2.17. The molecule has 0 unspecified atom stereocenters. The molecule has 0 aliphatic rings. The normalized spacial score (nSPS) is 10.7. The molecule has 1 rings (SSSR count). The Morgan fingerprint density at radius 2 is 0.733 bits per heavy atom. The number of pyridine rings is 1. The fraction of sp³-hybridized carbons (Fsp3) is 0.791. The molecule has 0 aliphatic carbocycles. The van der Waals surface area contributed by atoms with Gasteiger partial charge >= 0.3 is 0 Å². The lowest BCUT2D eigenvalue weighted by Crippen LogP contribution is -3.00.